The number of allylic oxidation sites excluding steroid dienone is 2. The average molecular weight is 496 g/mol. The van der Waals surface area contributed by atoms with Crippen molar-refractivity contribution in [3.8, 4) is 5.75 Å². The van der Waals surface area contributed by atoms with Crippen molar-refractivity contribution in [3.63, 3.8) is 0 Å². The number of primary amides is 1. The minimum absolute atomic E-state index is 0.0857. The van der Waals surface area contributed by atoms with Crippen molar-refractivity contribution in [1.82, 2.24) is 10.3 Å². The van der Waals surface area contributed by atoms with Gasteiger partial charge < -0.3 is 20.5 Å². The van der Waals surface area contributed by atoms with E-state index in [1.807, 2.05) is 24.3 Å². The zero-order valence-corrected chi connectivity index (χ0v) is 21.4. The number of fused-ring (bicyclic) bond motifs is 2. The number of nitrogens with one attached hydrogen (secondary N) is 1. The van der Waals surface area contributed by atoms with E-state index in [4.69, 9.17) is 15.2 Å². The molecule has 3 atom stereocenters. The van der Waals surface area contributed by atoms with E-state index >= 15 is 0 Å². The van der Waals surface area contributed by atoms with Crippen LogP contribution in [0.3, 0.4) is 0 Å². The molecule has 190 valence electrons. The smallest absolute Gasteiger partial charge is 0.229 e. The molecule has 0 radical (unpaired) electrons. The average Bonchev–Trinajstić information content (AvgIpc) is 3.74. The van der Waals surface area contributed by atoms with E-state index in [9.17, 15) is 4.79 Å². The molecule has 1 fully saturated rings. The molecular weight excluding hydrogens is 462 g/mol. The van der Waals surface area contributed by atoms with Gasteiger partial charge in [0.2, 0.25) is 5.91 Å². The highest BCUT2D eigenvalue weighted by molar-refractivity contribution is 5.91. The van der Waals surface area contributed by atoms with Crippen LogP contribution >= 0.6 is 0 Å². The molecule has 1 aromatic heterocycles. The third-order valence-electron chi connectivity index (χ3n) is 8.65. The zero-order chi connectivity index (χ0) is 25.6. The van der Waals surface area contributed by atoms with Gasteiger partial charge in [-0.15, -0.1) is 0 Å². The molecule has 2 aromatic carbocycles. The van der Waals surface area contributed by atoms with Crippen molar-refractivity contribution in [2.75, 3.05) is 13.7 Å². The lowest BCUT2D eigenvalue weighted by Gasteiger charge is -2.43. The lowest BCUT2D eigenvalue weighted by Crippen LogP contribution is -2.50. The molecule has 1 aliphatic heterocycles. The number of benzene rings is 2. The number of rotatable bonds is 7. The summed E-state index contributed by atoms with van der Waals surface area (Å²) in [6.07, 6.45) is 10.5. The highest BCUT2D eigenvalue weighted by atomic mass is 16.5. The van der Waals surface area contributed by atoms with Crippen LogP contribution in [0.1, 0.15) is 36.5 Å². The van der Waals surface area contributed by atoms with Gasteiger partial charge in [0, 0.05) is 35.7 Å². The Labute approximate surface area is 217 Å². The second kappa shape index (κ2) is 9.03. The fourth-order valence-corrected chi connectivity index (χ4v) is 6.53. The van der Waals surface area contributed by atoms with E-state index in [-0.39, 0.29) is 17.9 Å². The van der Waals surface area contributed by atoms with Crippen LogP contribution in [0.25, 0.3) is 10.9 Å². The number of aromatic nitrogens is 1. The molecule has 0 spiro atoms. The molecule has 6 nitrogen and oxygen atoms in total. The van der Waals surface area contributed by atoms with E-state index in [1.165, 1.54) is 11.1 Å². The van der Waals surface area contributed by atoms with Crippen LogP contribution in [0, 0.1) is 11.3 Å². The third kappa shape index (κ3) is 3.82. The largest absolute Gasteiger partial charge is 0.497 e. The highest BCUT2D eigenvalue weighted by Crippen LogP contribution is 2.66. The first-order valence-corrected chi connectivity index (χ1v) is 13.0. The molecule has 3 aromatic rings. The monoisotopic (exact) mass is 495 g/mol. The number of nitrogens with zero attached hydrogens (tertiary/aromatic N) is 1. The first-order valence-electron chi connectivity index (χ1n) is 13.0. The summed E-state index contributed by atoms with van der Waals surface area (Å²) in [6, 6.07) is 16.7. The maximum absolute atomic E-state index is 13.5. The molecule has 6 heteroatoms. The van der Waals surface area contributed by atoms with Crippen LogP contribution in [0.15, 0.2) is 78.7 Å². The van der Waals surface area contributed by atoms with Crippen LogP contribution in [0.2, 0.25) is 0 Å². The fraction of sp³-hybridized carbons (Fsp3) is 0.355. The molecule has 0 saturated heterocycles. The maximum atomic E-state index is 13.5. The molecule has 1 amide bonds. The van der Waals surface area contributed by atoms with Gasteiger partial charge in [0.15, 0.2) is 0 Å². The molecule has 3 N–H and O–H groups in total. The van der Waals surface area contributed by atoms with Gasteiger partial charge >= 0.3 is 0 Å². The summed E-state index contributed by atoms with van der Waals surface area (Å²) in [5, 5.41) is 4.61. The van der Waals surface area contributed by atoms with Gasteiger partial charge in [-0.2, -0.15) is 0 Å². The zero-order valence-electron chi connectivity index (χ0n) is 21.4. The lowest BCUT2D eigenvalue weighted by molar-refractivity contribution is -0.129. The normalized spacial score (nSPS) is 25.7. The minimum atomic E-state index is -0.918. The number of carbonyl (C=O) groups excluding carboxylic acids is 1. The molecule has 0 bridgehead atoms. The Bertz CT molecular complexity index is 1420. The lowest BCUT2D eigenvalue weighted by atomic mass is 9.59. The molecule has 2 aliphatic carbocycles. The summed E-state index contributed by atoms with van der Waals surface area (Å²) in [5.41, 5.74) is 9.55. The van der Waals surface area contributed by atoms with Crippen molar-refractivity contribution in [2.24, 2.45) is 17.1 Å². The van der Waals surface area contributed by atoms with Crippen molar-refractivity contribution in [3.05, 3.63) is 95.4 Å². The van der Waals surface area contributed by atoms with Gasteiger partial charge in [0.1, 0.15) is 18.1 Å². The van der Waals surface area contributed by atoms with Crippen molar-refractivity contribution in [2.45, 2.75) is 44.2 Å². The quantitative estimate of drug-likeness (QED) is 0.502. The second-order valence-corrected chi connectivity index (χ2v) is 10.6. The Morgan fingerprint density at radius 1 is 1.16 bits per heavy atom. The molecular formula is C31H33N3O3. The van der Waals surface area contributed by atoms with Crippen LogP contribution in [-0.4, -0.2) is 30.6 Å². The Hall–Kier alpha value is -3.64. The molecule has 3 unspecified atom stereocenters. The van der Waals surface area contributed by atoms with Gasteiger partial charge in [-0.1, -0.05) is 43.3 Å². The number of nitrogens with two attached hydrogens (primary N) is 1. The van der Waals surface area contributed by atoms with Gasteiger partial charge in [0.05, 0.1) is 18.0 Å². The number of carbonyl (C=O) groups is 1. The third-order valence-corrected chi connectivity index (χ3v) is 8.65. The number of hydrogen-bond acceptors (Lipinski definition) is 5. The van der Waals surface area contributed by atoms with Gasteiger partial charge in [-0.25, -0.2) is 0 Å². The van der Waals surface area contributed by atoms with Crippen molar-refractivity contribution < 1.29 is 14.3 Å². The van der Waals surface area contributed by atoms with Crippen LogP contribution in [0.4, 0.5) is 0 Å². The Balaban J connectivity index is 1.35. The van der Waals surface area contributed by atoms with Gasteiger partial charge in [0.25, 0.3) is 0 Å². The van der Waals surface area contributed by atoms with Crippen LogP contribution in [-0.2, 0) is 27.9 Å². The first-order chi connectivity index (χ1) is 18.0. The molecule has 6 rings (SSSR count). The summed E-state index contributed by atoms with van der Waals surface area (Å²) >= 11 is 0. The first kappa shape index (κ1) is 23.7. The summed E-state index contributed by atoms with van der Waals surface area (Å²) in [4.78, 5) is 18.0. The Morgan fingerprint density at radius 3 is 2.73 bits per heavy atom. The number of ether oxygens (including phenoxy) is 2. The van der Waals surface area contributed by atoms with Crippen LogP contribution in [0.5, 0.6) is 5.75 Å². The predicted molar refractivity (Wildman–Crippen MR) is 144 cm³/mol. The fourth-order valence-electron chi connectivity index (χ4n) is 6.53. The molecule has 2 heterocycles. The van der Waals surface area contributed by atoms with Crippen molar-refractivity contribution in [1.29, 1.82) is 0 Å². The highest BCUT2D eigenvalue weighted by Gasteiger charge is 2.65. The number of amides is 1. The number of hydrogen-bond donors (Lipinski definition) is 2. The summed E-state index contributed by atoms with van der Waals surface area (Å²) in [5.74, 6) is 1.02. The van der Waals surface area contributed by atoms with Crippen molar-refractivity contribution >= 4 is 16.8 Å². The van der Waals surface area contributed by atoms with E-state index in [0.29, 0.717) is 12.4 Å². The Morgan fingerprint density at radius 2 is 1.97 bits per heavy atom. The SMILES string of the molecule is COc1cc(C2(C3(C(N)=O)C=C(OCC4Cc5ccccc5CN4)C=CC3C)CC2)c2cccnc2c1. The molecule has 3 aliphatic rings. The minimum Gasteiger partial charge on any atom is -0.497 e. The Kier molecular flexibility index (Phi) is 5.80. The van der Waals surface area contributed by atoms with E-state index in [0.717, 1.165) is 48.0 Å². The summed E-state index contributed by atoms with van der Waals surface area (Å²) in [7, 11) is 1.66. The summed E-state index contributed by atoms with van der Waals surface area (Å²) in [6.45, 7) is 3.43. The van der Waals surface area contributed by atoms with E-state index in [1.54, 1.807) is 13.3 Å². The van der Waals surface area contributed by atoms with Gasteiger partial charge in [-0.05, 0) is 66.2 Å². The van der Waals surface area contributed by atoms with E-state index < -0.39 is 10.8 Å². The van der Waals surface area contributed by atoms with Gasteiger partial charge in [-0.3, -0.25) is 9.78 Å². The topological polar surface area (TPSA) is 86.5 Å². The maximum Gasteiger partial charge on any atom is 0.229 e. The van der Waals surface area contributed by atoms with E-state index in [2.05, 4.69) is 59.7 Å². The number of methoxy groups -OCH3 is 1. The summed E-state index contributed by atoms with van der Waals surface area (Å²) < 4.78 is 12.0. The number of pyridine rings is 1. The van der Waals surface area contributed by atoms with Crippen LogP contribution < -0.4 is 15.8 Å². The predicted octanol–water partition coefficient (Wildman–Crippen LogP) is 4.57. The molecule has 37 heavy (non-hydrogen) atoms. The second-order valence-electron chi connectivity index (χ2n) is 10.6. The molecule has 1 saturated carbocycles. The standard InChI is InChI=1S/C31H33N3O3/c1-20-9-10-24(37-19-23-14-21-6-3-4-7-22(21)18-34-23)17-31(20,29(32)35)30(11-12-30)27-15-25(36-2)16-28-26(27)8-5-13-33-28/h3-10,13,15-17,20,23,34H,11-12,14,18-19H2,1-2H3,(H2,32,35).